The summed E-state index contributed by atoms with van der Waals surface area (Å²) in [5.74, 6) is -1.45. The molecule has 0 aliphatic heterocycles. The van der Waals surface area contributed by atoms with E-state index in [1.165, 1.54) is 12.1 Å². The maximum Gasteiger partial charge on any atom is 0.167 e. The van der Waals surface area contributed by atoms with Gasteiger partial charge in [-0.3, -0.25) is 4.79 Å². The molecule has 0 aliphatic rings. The Kier molecular flexibility index (Phi) is 3.98. The molecule has 0 aliphatic carbocycles. The lowest BCUT2D eigenvalue weighted by Gasteiger charge is -2.09. The van der Waals surface area contributed by atoms with Crippen molar-refractivity contribution in [3.63, 3.8) is 0 Å². The Morgan fingerprint density at radius 2 is 1.40 bits per heavy atom. The Bertz CT molecular complexity index is 655. The van der Waals surface area contributed by atoms with Crippen molar-refractivity contribution in [2.24, 2.45) is 0 Å². The van der Waals surface area contributed by atoms with Gasteiger partial charge < -0.3 is 0 Å². The van der Waals surface area contributed by atoms with Crippen molar-refractivity contribution in [2.75, 3.05) is 0 Å². The number of halogens is 2. The van der Waals surface area contributed by atoms with E-state index in [1.54, 1.807) is 0 Å². The van der Waals surface area contributed by atoms with Gasteiger partial charge in [-0.15, -0.1) is 0 Å². The molecular weight excluding hydrogens is 258 g/mol. The van der Waals surface area contributed by atoms with E-state index in [1.807, 2.05) is 32.9 Å². The molecule has 2 aromatic carbocycles. The standard InChI is InChI=1S/C17H16F2O/c1-10-4-12(3)16(5-11(10)2)17(20)8-13-6-14(18)9-15(19)7-13/h4-7,9H,8H2,1-3H3. The van der Waals surface area contributed by atoms with Gasteiger partial charge in [0.15, 0.2) is 5.78 Å². The highest BCUT2D eigenvalue weighted by molar-refractivity contribution is 5.99. The average Bonchev–Trinajstić information content (AvgIpc) is 2.32. The van der Waals surface area contributed by atoms with Crippen LogP contribution in [0, 0.1) is 32.4 Å². The van der Waals surface area contributed by atoms with E-state index in [2.05, 4.69) is 0 Å². The molecule has 0 heterocycles. The zero-order chi connectivity index (χ0) is 14.9. The summed E-state index contributed by atoms with van der Waals surface area (Å²) >= 11 is 0. The molecule has 0 amide bonds. The van der Waals surface area contributed by atoms with Crippen LogP contribution in [0.5, 0.6) is 0 Å². The van der Waals surface area contributed by atoms with Crippen LogP contribution >= 0.6 is 0 Å². The second kappa shape index (κ2) is 5.53. The van der Waals surface area contributed by atoms with Crippen LogP contribution in [-0.2, 0) is 6.42 Å². The Morgan fingerprint density at radius 1 is 0.850 bits per heavy atom. The number of Topliss-reactive ketones (excluding diaryl/α,β-unsaturated/α-hetero) is 1. The van der Waals surface area contributed by atoms with Gasteiger partial charge >= 0.3 is 0 Å². The zero-order valence-electron chi connectivity index (χ0n) is 11.8. The number of rotatable bonds is 3. The Labute approximate surface area is 117 Å². The fourth-order valence-corrected chi connectivity index (χ4v) is 2.25. The minimum Gasteiger partial charge on any atom is -0.294 e. The van der Waals surface area contributed by atoms with Crippen LogP contribution < -0.4 is 0 Å². The highest BCUT2D eigenvalue weighted by atomic mass is 19.1. The normalized spacial score (nSPS) is 10.7. The molecule has 0 spiro atoms. The van der Waals surface area contributed by atoms with Gasteiger partial charge in [-0.25, -0.2) is 8.78 Å². The molecule has 1 nitrogen and oxygen atoms in total. The molecule has 2 aromatic rings. The molecule has 20 heavy (non-hydrogen) atoms. The molecule has 0 fully saturated rings. The smallest absolute Gasteiger partial charge is 0.167 e. The van der Waals surface area contributed by atoms with Crippen LogP contribution in [0.4, 0.5) is 8.78 Å². The molecule has 0 saturated heterocycles. The van der Waals surface area contributed by atoms with E-state index >= 15 is 0 Å². The predicted octanol–water partition coefficient (Wildman–Crippen LogP) is 4.32. The van der Waals surface area contributed by atoms with Crippen LogP contribution in [0.2, 0.25) is 0 Å². The lowest BCUT2D eigenvalue weighted by molar-refractivity contribution is 0.0992. The van der Waals surface area contributed by atoms with Gasteiger partial charge in [-0.05, 0) is 61.2 Å². The van der Waals surface area contributed by atoms with E-state index in [0.29, 0.717) is 11.1 Å². The predicted molar refractivity (Wildman–Crippen MR) is 75.0 cm³/mol. The number of aryl methyl sites for hydroxylation is 3. The fraction of sp³-hybridized carbons (Fsp3) is 0.235. The van der Waals surface area contributed by atoms with Gasteiger partial charge in [-0.1, -0.05) is 6.07 Å². The van der Waals surface area contributed by atoms with Crippen molar-refractivity contribution in [1.82, 2.24) is 0 Å². The van der Waals surface area contributed by atoms with E-state index in [-0.39, 0.29) is 12.2 Å². The largest absolute Gasteiger partial charge is 0.294 e. The molecule has 3 heteroatoms. The third-order valence-electron chi connectivity index (χ3n) is 3.43. The highest BCUT2D eigenvalue weighted by Gasteiger charge is 2.12. The second-order valence-electron chi connectivity index (χ2n) is 5.13. The fourth-order valence-electron chi connectivity index (χ4n) is 2.25. The number of carbonyl (C=O) groups excluding carboxylic acids is 1. The minimum atomic E-state index is -0.662. The van der Waals surface area contributed by atoms with Gasteiger partial charge in [0.1, 0.15) is 11.6 Å². The number of carbonyl (C=O) groups is 1. The van der Waals surface area contributed by atoms with Crippen molar-refractivity contribution in [3.05, 3.63) is 69.8 Å². The number of ketones is 1. The third kappa shape index (κ3) is 3.10. The van der Waals surface area contributed by atoms with Crippen molar-refractivity contribution >= 4 is 5.78 Å². The van der Waals surface area contributed by atoms with E-state index in [0.717, 1.165) is 22.8 Å². The molecule has 0 saturated carbocycles. The van der Waals surface area contributed by atoms with Gasteiger partial charge in [0.2, 0.25) is 0 Å². The summed E-state index contributed by atoms with van der Waals surface area (Å²) in [4.78, 5) is 12.3. The van der Waals surface area contributed by atoms with Gasteiger partial charge in [0.25, 0.3) is 0 Å². The summed E-state index contributed by atoms with van der Waals surface area (Å²) in [5.41, 5.74) is 4.00. The molecule has 104 valence electrons. The average molecular weight is 274 g/mol. The number of benzene rings is 2. The summed E-state index contributed by atoms with van der Waals surface area (Å²) in [5, 5.41) is 0. The maximum atomic E-state index is 13.1. The van der Waals surface area contributed by atoms with E-state index in [4.69, 9.17) is 0 Å². The van der Waals surface area contributed by atoms with Crippen LogP contribution in [0.3, 0.4) is 0 Å². The number of hydrogen-bond donors (Lipinski definition) is 0. The van der Waals surface area contributed by atoms with Crippen molar-refractivity contribution in [3.8, 4) is 0 Å². The molecule has 0 unspecified atom stereocenters. The Balaban J connectivity index is 2.30. The molecule has 0 bridgehead atoms. The summed E-state index contributed by atoms with van der Waals surface area (Å²) < 4.78 is 26.3. The topological polar surface area (TPSA) is 17.1 Å². The maximum absolute atomic E-state index is 13.1. The van der Waals surface area contributed by atoms with Crippen molar-refractivity contribution < 1.29 is 13.6 Å². The molecule has 2 rings (SSSR count). The van der Waals surface area contributed by atoms with Gasteiger partial charge in [0, 0.05) is 18.1 Å². The van der Waals surface area contributed by atoms with Crippen LogP contribution in [0.1, 0.15) is 32.6 Å². The quantitative estimate of drug-likeness (QED) is 0.762. The first kappa shape index (κ1) is 14.4. The summed E-state index contributed by atoms with van der Waals surface area (Å²) in [7, 11) is 0. The van der Waals surface area contributed by atoms with E-state index < -0.39 is 11.6 Å². The molecule has 0 N–H and O–H groups in total. The molecule has 0 atom stereocenters. The number of hydrogen-bond acceptors (Lipinski definition) is 1. The molecular formula is C17H16F2O. The van der Waals surface area contributed by atoms with E-state index in [9.17, 15) is 13.6 Å². The van der Waals surface area contributed by atoms with Crippen LogP contribution in [0.25, 0.3) is 0 Å². The molecule has 0 aromatic heterocycles. The van der Waals surface area contributed by atoms with Crippen molar-refractivity contribution in [2.45, 2.75) is 27.2 Å². The Hall–Kier alpha value is -2.03. The highest BCUT2D eigenvalue weighted by Crippen LogP contribution is 2.18. The van der Waals surface area contributed by atoms with Crippen LogP contribution in [0.15, 0.2) is 30.3 Å². The zero-order valence-corrected chi connectivity index (χ0v) is 11.8. The monoisotopic (exact) mass is 274 g/mol. The van der Waals surface area contributed by atoms with Crippen molar-refractivity contribution in [1.29, 1.82) is 0 Å². The first-order chi connectivity index (χ1) is 9.36. The molecule has 0 radical (unpaired) electrons. The SMILES string of the molecule is Cc1cc(C)c(C(=O)Cc2cc(F)cc(F)c2)cc1C. The Morgan fingerprint density at radius 3 is 2.00 bits per heavy atom. The summed E-state index contributed by atoms with van der Waals surface area (Å²) in [6.45, 7) is 5.79. The third-order valence-corrected chi connectivity index (χ3v) is 3.43. The van der Waals surface area contributed by atoms with Gasteiger partial charge in [0.05, 0.1) is 0 Å². The summed E-state index contributed by atoms with van der Waals surface area (Å²) in [6.07, 6.45) is -0.00196. The van der Waals surface area contributed by atoms with Crippen LogP contribution in [-0.4, -0.2) is 5.78 Å². The summed E-state index contributed by atoms with van der Waals surface area (Å²) in [6, 6.07) is 6.97. The minimum absolute atomic E-state index is 0.00196. The second-order valence-corrected chi connectivity index (χ2v) is 5.13. The first-order valence-corrected chi connectivity index (χ1v) is 6.43. The lowest BCUT2D eigenvalue weighted by atomic mass is 9.95. The van der Waals surface area contributed by atoms with Gasteiger partial charge in [-0.2, -0.15) is 0 Å². The lowest BCUT2D eigenvalue weighted by Crippen LogP contribution is -2.07. The first-order valence-electron chi connectivity index (χ1n) is 6.43.